The predicted molar refractivity (Wildman–Crippen MR) is 145 cm³/mol. The van der Waals surface area contributed by atoms with Gasteiger partial charge >= 0.3 is 0 Å². The fourth-order valence-electron chi connectivity index (χ4n) is 5.58. The van der Waals surface area contributed by atoms with E-state index in [1.165, 1.54) is 5.56 Å². The van der Waals surface area contributed by atoms with Gasteiger partial charge in [-0.25, -0.2) is 0 Å². The van der Waals surface area contributed by atoms with Gasteiger partial charge in [-0.15, -0.1) is 0 Å². The molecule has 4 rings (SSSR count). The molecule has 0 unspecified atom stereocenters. The molecule has 1 atom stereocenters. The highest BCUT2D eigenvalue weighted by atomic mass is 35.5. The van der Waals surface area contributed by atoms with Gasteiger partial charge in [-0.05, 0) is 89.6 Å². The molecule has 2 saturated heterocycles. The van der Waals surface area contributed by atoms with Gasteiger partial charge in [-0.1, -0.05) is 53.5 Å². The van der Waals surface area contributed by atoms with Gasteiger partial charge in [0.25, 0.3) is 0 Å². The molecule has 2 aliphatic rings. The molecule has 2 fully saturated rings. The van der Waals surface area contributed by atoms with Gasteiger partial charge < -0.3 is 9.64 Å². The molecule has 4 nitrogen and oxygen atoms in total. The van der Waals surface area contributed by atoms with Crippen molar-refractivity contribution < 1.29 is 9.53 Å². The summed E-state index contributed by atoms with van der Waals surface area (Å²) >= 11 is 12.4. The Labute approximate surface area is 220 Å². The number of benzene rings is 2. The van der Waals surface area contributed by atoms with Crippen molar-refractivity contribution in [3.8, 4) is 5.75 Å². The SMILES string of the molecule is CC(=O)[C@](C)(Cc1ccccc1)N1CCC(CN2CCC(Oc3ccc(Cl)c(Cl)c3C)CC2)CC1. The molecule has 190 valence electrons. The summed E-state index contributed by atoms with van der Waals surface area (Å²) in [4.78, 5) is 17.7. The molecular weight excluding hydrogens is 479 g/mol. The second-order valence-corrected chi connectivity index (χ2v) is 11.3. The van der Waals surface area contributed by atoms with Crippen molar-refractivity contribution in [2.24, 2.45) is 5.92 Å². The van der Waals surface area contributed by atoms with Crippen LogP contribution in [0.1, 0.15) is 50.7 Å². The molecule has 0 bridgehead atoms. The Balaban J connectivity index is 1.24. The fourth-order valence-corrected chi connectivity index (χ4v) is 5.94. The lowest BCUT2D eigenvalue weighted by atomic mass is 9.84. The minimum Gasteiger partial charge on any atom is -0.490 e. The largest absolute Gasteiger partial charge is 0.490 e. The third-order valence-corrected chi connectivity index (χ3v) is 9.00. The number of rotatable bonds is 8. The number of carbonyl (C=O) groups is 1. The van der Waals surface area contributed by atoms with E-state index in [2.05, 4.69) is 41.0 Å². The highest BCUT2D eigenvalue weighted by molar-refractivity contribution is 6.42. The number of ketones is 1. The lowest BCUT2D eigenvalue weighted by molar-refractivity contribution is -0.129. The molecule has 35 heavy (non-hydrogen) atoms. The summed E-state index contributed by atoms with van der Waals surface area (Å²) in [5, 5.41) is 1.15. The minimum absolute atomic E-state index is 0.221. The minimum atomic E-state index is -0.426. The third kappa shape index (κ3) is 6.40. The molecule has 0 radical (unpaired) electrons. The Morgan fingerprint density at radius 1 is 1.00 bits per heavy atom. The van der Waals surface area contributed by atoms with Crippen LogP contribution in [0.5, 0.6) is 5.75 Å². The number of Topliss-reactive ketones (excluding diaryl/α,β-unsaturated/α-hetero) is 1. The maximum absolute atomic E-state index is 12.7. The van der Waals surface area contributed by atoms with E-state index < -0.39 is 5.54 Å². The molecule has 2 aromatic carbocycles. The number of halogens is 2. The van der Waals surface area contributed by atoms with Crippen LogP contribution in [0.15, 0.2) is 42.5 Å². The van der Waals surface area contributed by atoms with Gasteiger partial charge in [0.05, 0.1) is 15.6 Å². The van der Waals surface area contributed by atoms with Crippen LogP contribution in [0.2, 0.25) is 10.0 Å². The van der Waals surface area contributed by atoms with Crippen molar-refractivity contribution >= 4 is 29.0 Å². The number of hydrogen-bond donors (Lipinski definition) is 0. The molecule has 6 heteroatoms. The second-order valence-electron chi connectivity index (χ2n) is 10.5. The topological polar surface area (TPSA) is 32.8 Å². The summed E-state index contributed by atoms with van der Waals surface area (Å²) in [6, 6.07) is 14.1. The van der Waals surface area contributed by atoms with Gasteiger partial charge in [-0.2, -0.15) is 0 Å². The van der Waals surface area contributed by atoms with E-state index in [9.17, 15) is 4.79 Å². The molecule has 0 aromatic heterocycles. The monoisotopic (exact) mass is 516 g/mol. The van der Waals surface area contributed by atoms with Crippen LogP contribution < -0.4 is 4.74 Å². The summed E-state index contributed by atoms with van der Waals surface area (Å²) in [6.07, 6.45) is 5.35. The maximum atomic E-state index is 12.7. The van der Waals surface area contributed by atoms with Gasteiger partial charge in [0.2, 0.25) is 0 Å². The third-order valence-electron chi connectivity index (χ3n) is 8.10. The highest BCUT2D eigenvalue weighted by Gasteiger charge is 2.39. The lowest BCUT2D eigenvalue weighted by Crippen LogP contribution is -2.56. The molecule has 2 heterocycles. The lowest BCUT2D eigenvalue weighted by Gasteiger charge is -2.45. The quantitative estimate of drug-likeness (QED) is 0.403. The first-order chi connectivity index (χ1) is 16.8. The first kappa shape index (κ1) is 26.5. The summed E-state index contributed by atoms with van der Waals surface area (Å²) in [7, 11) is 0. The molecule has 0 spiro atoms. The Kier molecular flexibility index (Phi) is 8.80. The van der Waals surface area contributed by atoms with Crippen LogP contribution >= 0.6 is 23.2 Å². The predicted octanol–water partition coefficient (Wildman–Crippen LogP) is 6.45. The smallest absolute Gasteiger partial charge is 0.150 e. The standard InChI is InChI=1S/C29H38Cl2N2O2/c1-21-27(10-9-26(30)28(21)31)35-25-13-15-32(16-14-25)20-24-11-17-33(18-12-24)29(3,22(2)34)19-23-7-5-4-6-8-23/h4-10,24-25H,11-20H2,1-3H3/t29-/m0/s1. The Morgan fingerprint density at radius 2 is 1.66 bits per heavy atom. The van der Waals surface area contributed by atoms with Crippen LogP contribution in [0.25, 0.3) is 0 Å². The number of hydrogen-bond acceptors (Lipinski definition) is 4. The van der Waals surface area contributed by atoms with E-state index in [1.54, 1.807) is 6.92 Å². The van der Waals surface area contributed by atoms with Crippen molar-refractivity contribution in [2.75, 3.05) is 32.7 Å². The van der Waals surface area contributed by atoms with Crippen LogP contribution in [0, 0.1) is 12.8 Å². The van der Waals surface area contributed by atoms with Crippen molar-refractivity contribution in [1.29, 1.82) is 0 Å². The zero-order chi connectivity index (χ0) is 25.0. The Bertz CT molecular complexity index is 999. The van der Waals surface area contributed by atoms with Crippen LogP contribution in [-0.4, -0.2) is 59.9 Å². The Hall–Kier alpha value is -1.59. The van der Waals surface area contributed by atoms with E-state index in [4.69, 9.17) is 27.9 Å². The van der Waals surface area contributed by atoms with Gasteiger partial charge in [-0.3, -0.25) is 9.69 Å². The number of piperidine rings is 2. The summed E-state index contributed by atoms with van der Waals surface area (Å²) in [5.41, 5.74) is 1.72. The fraction of sp³-hybridized carbons (Fsp3) is 0.552. The molecule has 0 saturated carbocycles. The molecule has 0 amide bonds. The van der Waals surface area contributed by atoms with Crippen LogP contribution in [0.3, 0.4) is 0 Å². The first-order valence-corrected chi connectivity index (χ1v) is 13.7. The van der Waals surface area contributed by atoms with Crippen molar-refractivity contribution in [2.45, 2.75) is 64.5 Å². The second kappa shape index (κ2) is 11.6. The number of likely N-dealkylation sites (tertiary alicyclic amines) is 2. The first-order valence-electron chi connectivity index (χ1n) is 12.9. The summed E-state index contributed by atoms with van der Waals surface area (Å²) in [5.74, 6) is 1.79. The average molecular weight is 518 g/mol. The average Bonchev–Trinajstić information content (AvgIpc) is 2.86. The van der Waals surface area contributed by atoms with Gasteiger partial charge in [0.1, 0.15) is 17.6 Å². The van der Waals surface area contributed by atoms with Crippen molar-refractivity contribution in [1.82, 2.24) is 9.80 Å². The summed E-state index contributed by atoms with van der Waals surface area (Å²) in [6.45, 7) is 11.1. The van der Waals surface area contributed by atoms with Gasteiger partial charge in [0.15, 0.2) is 0 Å². The van der Waals surface area contributed by atoms with E-state index in [0.29, 0.717) is 16.0 Å². The van der Waals surface area contributed by atoms with E-state index in [0.717, 1.165) is 76.1 Å². The Morgan fingerprint density at radius 3 is 2.29 bits per heavy atom. The van der Waals surface area contributed by atoms with Crippen LogP contribution in [-0.2, 0) is 11.2 Å². The number of nitrogens with zero attached hydrogens (tertiary/aromatic N) is 2. The van der Waals surface area contributed by atoms with E-state index in [1.807, 2.05) is 25.1 Å². The highest BCUT2D eigenvalue weighted by Crippen LogP contribution is 2.34. The maximum Gasteiger partial charge on any atom is 0.150 e. The summed E-state index contributed by atoms with van der Waals surface area (Å²) < 4.78 is 6.27. The number of ether oxygens (including phenoxy) is 1. The zero-order valence-electron chi connectivity index (χ0n) is 21.2. The molecule has 0 N–H and O–H groups in total. The molecule has 2 aliphatic heterocycles. The van der Waals surface area contributed by atoms with Gasteiger partial charge in [0, 0.05) is 25.2 Å². The number of carbonyl (C=O) groups excluding carboxylic acids is 1. The normalized spacial score (nSPS) is 20.5. The van der Waals surface area contributed by atoms with E-state index in [-0.39, 0.29) is 11.9 Å². The van der Waals surface area contributed by atoms with Crippen molar-refractivity contribution in [3.05, 3.63) is 63.6 Å². The zero-order valence-corrected chi connectivity index (χ0v) is 22.7. The molecule has 2 aromatic rings. The van der Waals surface area contributed by atoms with E-state index >= 15 is 0 Å². The van der Waals surface area contributed by atoms with Crippen LogP contribution in [0.4, 0.5) is 0 Å². The molecular formula is C29H38Cl2N2O2. The molecule has 0 aliphatic carbocycles. The van der Waals surface area contributed by atoms with Crippen molar-refractivity contribution in [3.63, 3.8) is 0 Å².